The van der Waals surface area contributed by atoms with Crippen molar-refractivity contribution in [1.82, 2.24) is 0 Å². The van der Waals surface area contributed by atoms with E-state index in [1.54, 1.807) is 0 Å². The molecule has 0 spiro atoms. The van der Waals surface area contributed by atoms with E-state index in [9.17, 15) is 0 Å². The molecule has 4 aliphatic rings. The summed E-state index contributed by atoms with van der Waals surface area (Å²) >= 11 is 0. The molecule has 0 fully saturated rings. The number of fused-ring (bicyclic) bond motifs is 4. The van der Waals surface area contributed by atoms with Gasteiger partial charge in [-0.3, -0.25) is 0 Å². The average Bonchev–Trinajstić information content (AvgIpc) is 2.50. The summed E-state index contributed by atoms with van der Waals surface area (Å²) in [6, 6.07) is 99.1. The van der Waals surface area contributed by atoms with Crippen LogP contribution in [0.2, 0.25) is 0 Å². The fourth-order valence-corrected chi connectivity index (χ4v) is 17.2. The van der Waals surface area contributed by atoms with Gasteiger partial charge in [-0.2, -0.15) is 0 Å². The quantitative estimate of drug-likeness (QED) is 0.151. The van der Waals surface area contributed by atoms with Gasteiger partial charge in [-0.15, -0.1) is 0 Å². The van der Waals surface area contributed by atoms with Crippen LogP contribution in [0.25, 0.3) is 229 Å². The molecule has 0 saturated heterocycles. The smallest absolute Gasteiger partial charge is 0.00139 e. The van der Waals surface area contributed by atoms with Crippen molar-refractivity contribution >= 4 is 129 Å². The van der Waals surface area contributed by atoms with Crippen LogP contribution in [0.15, 0.2) is 255 Å². The van der Waals surface area contributed by atoms with Gasteiger partial charge in [0.1, 0.15) is 0 Å². The van der Waals surface area contributed by atoms with Gasteiger partial charge in [-0.25, -0.2) is 0 Å². The Morgan fingerprint density at radius 3 is 0.560 bits per heavy atom. The zero-order valence-corrected chi connectivity index (χ0v) is 45.2. The van der Waals surface area contributed by atoms with Gasteiger partial charge in [0.2, 0.25) is 0 Å². The Bertz CT molecular complexity index is 5560. The van der Waals surface area contributed by atoms with Gasteiger partial charge < -0.3 is 0 Å². The lowest BCUT2D eigenvalue weighted by Gasteiger charge is -2.18. The van der Waals surface area contributed by atoms with Crippen LogP contribution < -0.4 is 0 Å². The molecule has 0 saturated carbocycles. The predicted molar refractivity (Wildman–Crippen MR) is 360 cm³/mol. The van der Waals surface area contributed by atoms with Gasteiger partial charge in [0.05, 0.1) is 0 Å². The molecule has 378 valence electrons. The van der Waals surface area contributed by atoms with Crippen molar-refractivity contribution in [2.45, 2.75) is 0 Å². The minimum absolute atomic E-state index is 1.19. The van der Waals surface area contributed by atoms with Crippen molar-refractivity contribution in [2.24, 2.45) is 0 Å². The highest BCUT2D eigenvalue weighted by atomic mass is 14.3. The number of benzene rings is 18. The summed E-state index contributed by atoms with van der Waals surface area (Å²) in [5.74, 6) is 0. The van der Waals surface area contributed by atoms with E-state index < -0.39 is 0 Å². The molecule has 0 unspecified atom stereocenters. The highest BCUT2D eigenvalue weighted by Gasteiger charge is 2.28. The number of hydrogen-bond donors (Lipinski definition) is 0. The Kier molecular flexibility index (Phi) is 7.54. The van der Waals surface area contributed by atoms with Gasteiger partial charge in [0, 0.05) is 0 Å². The second kappa shape index (κ2) is 14.8. The van der Waals surface area contributed by atoms with Crippen LogP contribution in [0.4, 0.5) is 0 Å². The van der Waals surface area contributed by atoms with Crippen molar-refractivity contribution in [3.05, 3.63) is 255 Å². The third-order valence-electron chi connectivity index (χ3n) is 20.6. The van der Waals surface area contributed by atoms with Crippen LogP contribution in [0, 0.1) is 0 Å². The molecule has 84 heavy (non-hydrogen) atoms. The van der Waals surface area contributed by atoms with Crippen molar-refractivity contribution in [1.29, 1.82) is 0 Å². The van der Waals surface area contributed by atoms with Gasteiger partial charge in [-0.1, -0.05) is 218 Å². The van der Waals surface area contributed by atoms with Gasteiger partial charge in [-0.05, 0) is 266 Å². The van der Waals surface area contributed by atoms with Crippen molar-refractivity contribution in [3.8, 4) is 100 Å². The number of rotatable bonds is 5. The van der Waals surface area contributed by atoms with Crippen LogP contribution in [0.1, 0.15) is 0 Å². The molecule has 0 aliphatic heterocycles. The van der Waals surface area contributed by atoms with Crippen LogP contribution in [0.3, 0.4) is 0 Å². The average molecular weight is 1050 g/mol. The molecule has 22 rings (SSSR count). The molecule has 18 aromatic carbocycles. The summed E-state index contributed by atoms with van der Waals surface area (Å²) in [7, 11) is 0. The Balaban J connectivity index is 0.843. The molecular weight excluding hydrogens is 1010 g/mol. The third-order valence-corrected chi connectivity index (χ3v) is 20.6. The highest BCUT2D eigenvalue weighted by Crippen LogP contribution is 2.56. The Morgan fingerprint density at radius 2 is 0.310 bits per heavy atom. The summed E-state index contributed by atoms with van der Waals surface area (Å²) in [6.07, 6.45) is 0. The first-order valence-corrected chi connectivity index (χ1v) is 29.6. The highest BCUT2D eigenvalue weighted by molar-refractivity contribution is 6.38. The first-order chi connectivity index (χ1) is 41.6. The molecule has 0 nitrogen and oxygen atoms in total. The summed E-state index contributed by atoms with van der Waals surface area (Å²) in [5, 5.41) is 32.0. The fourth-order valence-electron chi connectivity index (χ4n) is 17.2. The lowest BCUT2D eigenvalue weighted by molar-refractivity contribution is 1.58. The first kappa shape index (κ1) is 42.9. The molecule has 4 aliphatic carbocycles. The van der Waals surface area contributed by atoms with E-state index in [1.165, 1.54) is 229 Å². The Morgan fingerprint density at radius 1 is 0.119 bits per heavy atom. The standard InChI is InChI=1S/C84H42/c1-5-43-13-17-47-21-25-65-57(29-33-69-61(9-1)73(43)77(47)81(65)69)53-37-51(38-54(41-53)58-30-34-70-62-10-2-6-44-14-18-48-22-26-66(58)82(70)78(48)74(44)62)52-39-55(59-31-35-71-63-11-3-7-45-15-19-49-23-27-67(59)83(71)79(49)75(45)63)42-56(40-52)60-32-36-72-64-12-4-8-46-16-20-50-24-28-68(60)84(72)80(50)76(46)64/h1-42H. The number of hydrogen-bond acceptors (Lipinski definition) is 0. The molecule has 0 atom stereocenters. The zero-order chi connectivity index (χ0) is 53.9. The van der Waals surface area contributed by atoms with Crippen molar-refractivity contribution in [3.63, 3.8) is 0 Å². The minimum Gasteiger partial charge on any atom is -0.0610 e. The predicted octanol–water partition coefficient (Wildman–Crippen LogP) is 23.8. The van der Waals surface area contributed by atoms with E-state index in [4.69, 9.17) is 0 Å². The lowest BCUT2D eigenvalue weighted by atomic mass is 9.85. The lowest BCUT2D eigenvalue weighted by Crippen LogP contribution is -1.92. The second-order valence-corrected chi connectivity index (χ2v) is 24.5. The zero-order valence-electron chi connectivity index (χ0n) is 45.2. The van der Waals surface area contributed by atoms with E-state index in [1.807, 2.05) is 0 Å². The maximum Gasteiger partial charge on any atom is -0.00139 e. The molecular formula is C84H42. The van der Waals surface area contributed by atoms with Crippen LogP contribution in [-0.4, -0.2) is 0 Å². The summed E-state index contributed by atoms with van der Waals surface area (Å²) in [4.78, 5) is 0. The molecule has 0 heteroatoms. The SMILES string of the molecule is c1cc2c3c(c1)ccc1ccc4c(-c5cc(-c6cc(-c7ccc8c9c7ccc7ccc%10cccc-8c%10c79)cc(-c7ccc8c9c7ccc7ccc%10cccc-8c%10c79)c6)cc(-c6ccc7c8c6ccc6ccc9cccc-7c9c68)c5)ccc-2c4c13. The third kappa shape index (κ3) is 5.12. The van der Waals surface area contributed by atoms with E-state index in [0.717, 1.165) is 0 Å². The molecule has 0 aromatic heterocycles. The molecule has 0 heterocycles. The normalized spacial score (nSPS) is 13.0. The Hall–Kier alpha value is -10.9. The molecule has 0 N–H and O–H groups in total. The van der Waals surface area contributed by atoms with Crippen LogP contribution in [-0.2, 0) is 0 Å². The molecule has 0 radical (unpaired) electrons. The van der Waals surface area contributed by atoms with E-state index in [2.05, 4.69) is 255 Å². The van der Waals surface area contributed by atoms with E-state index in [-0.39, 0.29) is 0 Å². The monoisotopic (exact) mass is 1050 g/mol. The summed E-state index contributed by atoms with van der Waals surface area (Å²) in [6.45, 7) is 0. The fraction of sp³-hybridized carbons (Fsp3) is 0. The molecule has 0 amide bonds. The van der Waals surface area contributed by atoms with Gasteiger partial charge in [0.15, 0.2) is 0 Å². The van der Waals surface area contributed by atoms with Crippen LogP contribution >= 0.6 is 0 Å². The van der Waals surface area contributed by atoms with Gasteiger partial charge in [0.25, 0.3) is 0 Å². The first-order valence-electron chi connectivity index (χ1n) is 29.6. The maximum atomic E-state index is 2.51. The maximum absolute atomic E-state index is 2.51. The van der Waals surface area contributed by atoms with Gasteiger partial charge >= 0.3 is 0 Å². The second-order valence-electron chi connectivity index (χ2n) is 24.5. The molecule has 18 aromatic rings. The Labute approximate surface area is 481 Å². The van der Waals surface area contributed by atoms with E-state index in [0.29, 0.717) is 0 Å². The van der Waals surface area contributed by atoms with E-state index >= 15 is 0 Å². The topological polar surface area (TPSA) is 0 Å². The van der Waals surface area contributed by atoms with Crippen molar-refractivity contribution in [2.75, 3.05) is 0 Å². The minimum atomic E-state index is 1.19. The summed E-state index contributed by atoms with van der Waals surface area (Å²) in [5.41, 5.74) is 22.9. The molecule has 0 bridgehead atoms. The van der Waals surface area contributed by atoms with Crippen molar-refractivity contribution < 1.29 is 0 Å². The summed E-state index contributed by atoms with van der Waals surface area (Å²) < 4.78 is 0. The largest absolute Gasteiger partial charge is 0.0610 e. The van der Waals surface area contributed by atoms with Crippen LogP contribution in [0.5, 0.6) is 0 Å².